The largest absolute Gasteiger partial charge is 0.496 e. The molecule has 162 valence electrons. The van der Waals surface area contributed by atoms with Crippen LogP contribution in [0.2, 0.25) is 0 Å². The van der Waals surface area contributed by atoms with Gasteiger partial charge in [0.2, 0.25) is 0 Å². The molecular weight excluding hydrogens is 406 g/mol. The molecule has 2 aromatic rings. The number of carbonyl (C=O) groups is 3. The average Bonchev–Trinajstić information content (AvgIpc) is 2.99. The maximum atomic E-state index is 12.6. The molecule has 31 heavy (non-hydrogen) atoms. The molecule has 0 saturated heterocycles. The van der Waals surface area contributed by atoms with Gasteiger partial charge in [-0.1, -0.05) is 12.1 Å². The lowest BCUT2D eigenvalue weighted by Crippen LogP contribution is -2.50. The summed E-state index contributed by atoms with van der Waals surface area (Å²) in [5.41, 5.74) is -0.687. The van der Waals surface area contributed by atoms with E-state index in [2.05, 4.69) is 5.32 Å². The number of nitro groups is 1. The van der Waals surface area contributed by atoms with E-state index in [0.29, 0.717) is 11.1 Å². The number of rotatable bonds is 8. The summed E-state index contributed by atoms with van der Waals surface area (Å²) < 4.78 is 10.4. The van der Waals surface area contributed by atoms with E-state index in [1.54, 1.807) is 38.1 Å². The first kappa shape index (κ1) is 21.9. The molecule has 0 aliphatic carbocycles. The van der Waals surface area contributed by atoms with Gasteiger partial charge in [-0.05, 0) is 38.1 Å². The molecule has 0 radical (unpaired) electrons. The van der Waals surface area contributed by atoms with Gasteiger partial charge in [0.25, 0.3) is 23.4 Å². The molecule has 10 nitrogen and oxygen atoms in total. The fraction of sp³-hybridized carbons (Fsp3) is 0.286. The van der Waals surface area contributed by atoms with Crippen molar-refractivity contribution >= 4 is 29.1 Å². The summed E-state index contributed by atoms with van der Waals surface area (Å²) in [5.74, 6) is -1.19. The Morgan fingerprint density at radius 3 is 2.29 bits per heavy atom. The van der Waals surface area contributed by atoms with E-state index in [9.17, 15) is 24.5 Å². The van der Waals surface area contributed by atoms with Gasteiger partial charge in [0.1, 0.15) is 18.0 Å². The maximum absolute atomic E-state index is 12.6. The first-order chi connectivity index (χ1) is 14.7. The lowest BCUT2D eigenvalue weighted by Gasteiger charge is -2.33. The molecule has 1 N–H and O–H groups in total. The summed E-state index contributed by atoms with van der Waals surface area (Å²) in [5, 5.41) is 13.6. The normalized spacial score (nSPS) is 13.2. The minimum absolute atomic E-state index is 0.000918. The highest BCUT2D eigenvalue weighted by Gasteiger charge is 2.44. The molecule has 1 aliphatic heterocycles. The lowest BCUT2D eigenvalue weighted by molar-refractivity contribution is -0.384. The van der Waals surface area contributed by atoms with Gasteiger partial charge in [-0.2, -0.15) is 0 Å². The molecule has 1 aliphatic rings. The average molecular weight is 427 g/mol. The third-order valence-electron chi connectivity index (χ3n) is 4.76. The molecule has 2 aromatic carbocycles. The molecule has 0 atom stereocenters. The topological polar surface area (TPSA) is 128 Å². The summed E-state index contributed by atoms with van der Waals surface area (Å²) >= 11 is 0. The van der Waals surface area contributed by atoms with Crippen molar-refractivity contribution in [3.05, 3.63) is 63.7 Å². The molecule has 0 spiro atoms. The van der Waals surface area contributed by atoms with Crippen molar-refractivity contribution in [2.24, 2.45) is 0 Å². The summed E-state index contributed by atoms with van der Waals surface area (Å²) in [7, 11) is 1.38. The smallest absolute Gasteiger partial charge is 0.296 e. The zero-order valence-corrected chi connectivity index (χ0v) is 17.2. The molecule has 3 amide bonds. The highest BCUT2D eigenvalue weighted by atomic mass is 16.6. The van der Waals surface area contributed by atoms with Crippen molar-refractivity contribution in [3.8, 4) is 5.75 Å². The molecule has 1 heterocycles. The third kappa shape index (κ3) is 4.38. The van der Waals surface area contributed by atoms with Gasteiger partial charge in [-0.15, -0.1) is 0 Å². The van der Waals surface area contributed by atoms with E-state index < -0.39 is 34.8 Å². The van der Waals surface area contributed by atoms with Crippen LogP contribution in [0.3, 0.4) is 0 Å². The number of carbonyl (C=O) groups excluding carboxylic acids is 3. The molecule has 0 aromatic heterocycles. The van der Waals surface area contributed by atoms with Crippen molar-refractivity contribution in [2.75, 3.05) is 25.6 Å². The van der Waals surface area contributed by atoms with Crippen molar-refractivity contribution in [2.45, 2.75) is 19.4 Å². The summed E-state index contributed by atoms with van der Waals surface area (Å²) in [4.78, 5) is 49.2. The van der Waals surface area contributed by atoms with Crippen LogP contribution in [0.5, 0.6) is 5.75 Å². The number of nitrogens with one attached hydrogen (secondary N) is 1. The third-order valence-corrected chi connectivity index (χ3v) is 4.76. The van der Waals surface area contributed by atoms with Gasteiger partial charge in [0.15, 0.2) is 0 Å². The Labute approximate surface area is 177 Å². The van der Waals surface area contributed by atoms with Crippen LogP contribution in [0.25, 0.3) is 0 Å². The Hall–Kier alpha value is -3.79. The van der Waals surface area contributed by atoms with Crippen molar-refractivity contribution in [1.29, 1.82) is 0 Å². The number of nitrogens with zero attached hydrogens (tertiary/aromatic N) is 2. The van der Waals surface area contributed by atoms with Crippen molar-refractivity contribution in [3.63, 3.8) is 0 Å². The van der Waals surface area contributed by atoms with Crippen LogP contribution in [0, 0.1) is 10.1 Å². The molecule has 0 fully saturated rings. The van der Waals surface area contributed by atoms with Gasteiger partial charge < -0.3 is 14.8 Å². The van der Waals surface area contributed by atoms with Crippen LogP contribution in [-0.2, 0) is 9.53 Å². The number of amides is 3. The molecule has 3 rings (SSSR count). The first-order valence-electron chi connectivity index (χ1n) is 9.33. The molecule has 0 bridgehead atoms. The van der Waals surface area contributed by atoms with Crippen molar-refractivity contribution in [1.82, 2.24) is 4.90 Å². The molecular formula is C21H21N3O7. The Kier molecular flexibility index (Phi) is 6.02. The fourth-order valence-electron chi connectivity index (χ4n) is 3.28. The Morgan fingerprint density at radius 1 is 1.13 bits per heavy atom. The zero-order chi connectivity index (χ0) is 22.8. The van der Waals surface area contributed by atoms with Gasteiger partial charge in [-0.25, -0.2) is 0 Å². The molecule has 0 saturated carbocycles. The van der Waals surface area contributed by atoms with Crippen molar-refractivity contribution < 1.29 is 28.8 Å². The zero-order valence-electron chi connectivity index (χ0n) is 17.2. The van der Waals surface area contributed by atoms with Crippen LogP contribution in [0.15, 0.2) is 42.5 Å². The number of imide groups is 1. The number of ether oxygens (including phenoxy) is 2. The number of nitro benzene ring substituents is 1. The summed E-state index contributed by atoms with van der Waals surface area (Å²) in [6, 6.07) is 10.6. The summed E-state index contributed by atoms with van der Waals surface area (Å²) in [6.07, 6.45) is 0. The number of benzene rings is 2. The Morgan fingerprint density at radius 2 is 1.74 bits per heavy atom. The van der Waals surface area contributed by atoms with E-state index in [0.717, 1.165) is 4.90 Å². The second-order valence-electron chi connectivity index (χ2n) is 7.48. The highest BCUT2D eigenvalue weighted by molar-refractivity contribution is 6.21. The minimum atomic E-state index is -1.01. The number of methoxy groups -OCH3 is 1. The van der Waals surface area contributed by atoms with Crippen LogP contribution in [-0.4, -0.2) is 53.4 Å². The predicted octanol–water partition coefficient (Wildman–Crippen LogP) is 2.63. The molecule has 0 unspecified atom stereocenters. The monoisotopic (exact) mass is 427 g/mol. The van der Waals surface area contributed by atoms with Gasteiger partial charge in [-0.3, -0.25) is 29.4 Å². The summed E-state index contributed by atoms with van der Waals surface area (Å²) in [6.45, 7) is 2.79. The SMILES string of the molecule is COc1ccc(NC(=O)COCC(C)(C)N2C(=O)c3ccccc3C2=O)c([N+](=O)[O-])c1. The highest BCUT2D eigenvalue weighted by Crippen LogP contribution is 2.30. The van der Waals surface area contributed by atoms with Gasteiger partial charge in [0.05, 0.1) is 41.4 Å². The van der Waals surface area contributed by atoms with Crippen LogP contribution < -0.4 is 10.1 Å². The Balaban J connectivity index is 1.61. The first-order valence-corrected chi connectivity index (χ1v) is 9.33. The van der Waals surface area contributed by atoms with E-state index in [1.807, 2.05) is 0 Å². The number of anilines is 1. The van der Waals surface area contributed by atoms with E-state index in [-0.39, 0.29) is 23.7 Å². The second-order valence-corrected chi connectivity index (χ2v) is 7.48. The van der Waals surface area contributed by atoms with Crippen LogP contribution in [0.1, 0.15) is 34.6 Å². The minimum Gasteiger partial charge on any atom is -0.496 e. The van der Waals surface area contributed by atoms with E-state index >= 15 is 0 Å². The Bertz CT molecular complexity index is 1030. The lowest BCUT2D eigenvalue weighted by atomic mass is 10.0. The maximum Gasteiger partial charge on any atom is 0.296 e. The number of hydrogen-bond donors (Lipinski definition) is 1. The number of hydrogen-bond acceptors (Lipinski definition) is 7. The van der Waals surface area contributed by atoms with Gasteiger partial charge >= 0.3 is 0 Å². The van der Waals surface area contributed by atoms with E-state index in [4.69, 9.17) is 9.47 Å². The quantitative estimate of drug-likeness (QED) is 0.390. The number of fused-ring (bicyclic) bond motifs is 1. The predicted molar refractivity (Wildman–Crippen MR) is 110 cm³/mol. The van der Waals surface area contributed by atoms with Gasteiger partial charge in [0, 0.05) is 0 Å². The second kappa shape index (κ2) is 8.52. The van der Waals surface area contributed by atoms with Crippen LogP contribution in [0.4, 0.5) is 11.4 Å². The van der Waals surface area contributed by atoms with E-state index in [1.165, 1.54) is 25.3 Å². The molecule has 10 heteroatoms. The standard InChI is InChI=1S/C21H21N3O7/c1-21(2,23-19(26)14-6-4-5-7-15(14)20(23)27)12-31-11-18(25)22-16-9-8-13(30-3)10-17(16)24(28)29/h4-10H,11-12H2,1-3H3,(H,22,25). The fourth-order valence-corrected chi connectivity index (χ4v) is 3.28. The van der Waals surface area contributed by atoms with Crippen LogP contribution >= 0.6 is 0 Å².